The van der Waals surface area contributed by atoms with Gasteiger partial charge in [-0.05, 0) is 31.5 Å². The Morgan fingerprint density at radius 1 is 1.32 bits per heavy atom. The monoisotopic (exact) mass is 344 g/mol. The first kappa shape index (κ1) is 14.2. The number of halogens is 1. The molecular formula is C12H13BrN2O3S. The summed E-state index contributed by atoms with van der Waals surface area (Å²) in [6.45, 7) is 3.61. The van der Waals surface area contributed by atoms with Crippen molar-refractivity contribution in [3.63, 3.8) is 0 Å². The van der Waals surface area contributed by atoms with Crippen molar-refractivity contribution in [1.29, 1.82) is 0 Å². The Bertz CT molecular complexity index is 695. The standard InChI is InChI=1S/C12H13BrN2O3S/c1-8-3-4-10(13)6-12(8)19(16,17)14-7-11-5-9(2)18-15-11/h3-6,14H,7H2,1-2H3. The average molecular weight is 345 g/mol. The third kappa shape index (κ3) is 3.43. The van der Waals surface area contributed by atoms with Crippen LogP contribution in [0.4, 0.5) is 0 Å². The summed E-state index contributed by atoms with van der Waals surface area (Å²) in [6, 6.07) is 6.82. The molecular weight excluding hydrogens is 332 g/mol. The molecule has 0 amide bonds. The van der Waals surface area contributed by atoms with Gasteiger partial charge in [0.1, 0.15) is 5.76 Å². The van der Waals surface area contributed by atoms with Crippen molar-refractivity contribution in [1.82, 2.24) is 9.88 Å². The van der Waals surface area contributed by atoms with Gasteiger partial charge in [0, 0.05) is 10.5 Å². The average Bonchev–Trinajstić information content (AvgIpc) is 2.76. The molecule has 2 aromatic rings. The van der Waals surface area contributed by atoms with Gasteiger partial charge in [-0.3, -0.25) is 0 Å². The Labute approximate surface area is 120 Å². The number of aryl methyl sites for hydroxylation is 2. The molecule has 1 heterocycles. The van der Waals surface area contributed by atoms with Gasteiger partial charge in [0.2, 0.25) is 10.0 Å². The number of benzene rings is 1. The van der Waals surface area contributed by atoms with Crippen LogP contribution < -0.4 is 4.72 Å². The van der Waals surface area contributed by atoms with Crippen LogP contribution in [0.25, 0.3) is 0 Å². The number of nitrogens with one attached hydrogen (secondary N) is 1. The molecule has 0 fully saturated rings. The van der Waals surface area contributed by atoms with E-state index in [2.05, 4.69) is 25.8 Å². The van der Waals surface area contributed by atoms with Crippen LogP contribution in [0, 0.1) is 13.8 Å². The molecule has 0 saturated heterocycles. The highest BCUT2D eigenvalue weighted by atomic mass is 79.9. The molecule has 7 heteroatoms. The fourth-order valence-electron chi connectivity index (χ4n) is 1.61. The second-order valence-electron chi connectivity index (χ2n) is 4.16. The third-order valence-electron chi connectivity index (χ3n) is 2.56. The molecule has 0 spiro atoms. The van der Waals surface area contributed by atoms with Crippen LogP contribution in [-0.2, 0) is 16.6 Å². The molecule has 102 valence electrons. The van der Waals surface area contributed by atoms with Crippen molar-refractivity contribution in [2.45, 2.75) is 25.3 Å². The Morgan fingerprint density at radius 3 is 2.68 bits per heavy atom. The Hall–Kier alpha value is -1.18. The molecule has 0 atom stereocenters. The van der Waals surface area contributed by atoms with Gasteiger partial charge >= 0.3 is 0 Å². The molecule has 0 bridgehead atoms. The zero-order valence-electron chi connectivity index (χ0n) is 10.5. The lowest BCUT2D eigenvalue weighted by molar-refractivity contribution is 0.390. The van der Waals surface area contributed by atoms with E-state index in [-0.39, 0.29) is 11.4 Å². The van der Waals surface area contributed by atoms with Crippen molar-refractivity contribution < 1.29 is 12.9 Å². The topological polar surface area (TPSA) is 72.2 Å². The first-order chi connectivity index (χ1) is 8.88. The van der Waals surface area contributed by atoms with Crippen LogP contribution >= 0.6 is 15.9 Å². The normalized spacial score (nSPS) is 11.7. The Balaban J connectivity index is 2.20. The maximum absolute atomic E-state index is 12.2. The lowest BCUT2D eigenvalue weighted by Crippen LogP contribution is -2.24. The van der Waals surface area contributed by atoms with Gasteiger partial charge in [0.15, 0.2) is 0 Å². The number of rotatable bonds is 4. The molecule has 0 saturated carbocycles. The van der Waals surface area contributed by atoms with Gasteiger partial charge in [0.05, 0.1) is 17.1 Å². The number of aromatic nitrogens is 1. The predicted octanol–water partition coefficient (Wildman–Crippen LogP) is 2.53. The zero-order chi connectivity index (χ0) is 14.0. The minimum atomic E-state index is -3.56. The maximum Gasteiger partial charge on any atom is 0.241 e. The molecule has 0 unspecified atom stereocenters. The van der Waals surface area contributed by atoms with Crippen molar-refractivity contribution in [2.75, 3.05) is 0 Å². The van der Waals surface area contributed by atoms with Gasteiger partial charge in [-0.1, -0.05) is 27.2 Å². The van der Waals surface area contributed by atoms with Crippen molar-refractivity contribution >= 4 is 26.0 Å². The van der Waals surface area contributed by atoms with E-state index in [9.17, 15) is 8.42 Å². The molecule has 0 aliphatic heterocycles. The number of hydrogen-bond donors (Lipinski definition) is 1. The summed E-state index contributed by atoms with van der Waals surface area (Å²) < 4.78 is 32.5. The van der Waals surface area contributed by atoms with Crippen LogP contribution in [0.5, 0.6) is 0 Å². The second kappa shape index (κ2) is 5.44. The quantitative estimate of drug-likeness (QED) is 0.924. The minimum Gasteiger partial charge on any atom is -0.361 e. The predicted molar refractivity (Wildman–Crippen MR) is 74.1 cm³/mol. The highest BCUT2D eigenvalue weighted by molar-refractivity contribution is 9.10. The van der Waals surface area contributed by atoms with E-state index >= 15 is 0 Å². The molecule has 0 aliphatic rings. The molecule has 1 aromatic heterocycles. The summed E-state index contributed by atoms with van der Waals surface area (Å²) in [4.78, 5) is 0.252. The number of nitrogens with zero attached hydrogens (tertiary/aromatic N) is 1. The molecule has 0 aliphatic carbocycles. The van der Waals surface area contributed by atoms with E-state index in [1.54, 1.807) is 38.1 Å². The summed E-state index contributed by atoms with van der Waals surface area (Å²) in [5, 5.41) is 3.74. The molecule has 5 nitrogen and oxygen atoms in total. The van der Waals surface area contributed by atoms with E-state index in [4.69, 9.17) is 4.52 Å². The molecule has 19 heavy (non-hydrogen) atoms. The van der Waals surface area contributed by atoms with E-state index in [0.29, 0.717) is 17.0 Å². The summed E-state index contributed by atoms with van der Waals surface area (Å²) >= 11 is 3.27. The lowest BCUT2D eigenvalue weighted by Gasteiger charge is -2.08. The van der Waals surface area contributed by atoms with Gasteiger partial charge in [-0.2, -0.15) is 0 Å². The van der Waals surface area contributed by atoms with E-state index < -0.39 is 10.0 Å². The largest absolute Gasteiger partial charge is 0.361 e. The zero-order valence-corrected chi connectivity index (χ0v) is 12.9. The Kier molecular flexibility index (Phi) is 4.07. The van der Waals surface area contributed by atoms with Crippen LogP contribution in [-0.4, -0.2) is 13.6 Å². The molecule has 1 N–H and O–H groups in total. The van der Waals surface area contributed by atoms with Gasteiger partial charge in [-0.15, -0.1) is 0 Å². The number of sulfonamides is 1. The number of hydrogen-bond acceptors (Lipinski definition) is 4. The minimum absolute atomic E-state index is 0.103. The van der Waals surface area contributed by atoms with Crippen molar-refractivity contribution in [3.05, 3.63) is 45.8 Å². The summed E-state index contributed by atoms with van der Waals surface area (Å²) in [7, 11) is -3.56. The van der Waals surface area contributed by atoms with Crippen LogP contribution in [0.3, 0.4) is 0 Å². The van der Waals surface area contributed by atoms with Gasteiger partial charge < -0.3 is 4.52 Å². The fourth-order valence-corrected chi connectivity index (χ4v) is 3.39. The van der Waals surface area contributed by atoms with Crippen molar-refractivity contribution in [2.24, 2.45) is 0 Å². The van der Waals surface area contributed by atoms with Crippen molar-refractivity contribution in [3.8, 4) is 0 Å². The summed E-state index contributed by atoms with van der Waals surface area (Å²) in [5.74, 6) is 0.646. The molecule has 2 rings (SSSR count). The highest BCUT2D eigenvalue weighted by Gasteiger charge is 2.17. The summed E-state index contributed by atoms with van der Waals surface area (Å²) in [5.41, 5.74) is 1.24. The highest BCUT2D eigenvalue weighted by Crippen LogP contribution is 2.20. The SMILES string of the molecule is Cc1cc(CNS(=O)(=O)c2cc(Br)ccc2C)no1. The first-order valence-corrected chi connectivity index (χ1v) is 7.84. The third-order valence-corrected chi connectivity index (χ3v) is 4.60. The van der Waals surface area contributed by atoms with E-state index in [1.165, 1.54) is 0 Å². The lowest BCUT2D eigenvalue weighted by atomic mass is 10.2. The van der Waals surface area contributed by atoms with Crippen LogP contribution in [0.15, 0.2) is 38.2 Å². The molecule has 0 radical (unpaired) electrons. The maximum atomic E-state index is 12.2. The Morgan fingerprint density at radius 2 is 2.05 bits per heavy atom. The van der Waals surface area contributed by atoms with Crippen LogP contribution in [0.1, 0.15) is 17.0 Å². The van der Waals surface area contributed by atoms with E-state index in [0.717, 1.165) is 4.47 Å². The van der Waals surface area contributed by atoms with Gasteiger partial charge in [-0.25, -0.2) is 13.1 Å². The van der Waals surface area contributed by atoms with Crippen LogP contribution in [0.2, 0.25) is 0 Å². The van der Waals surface area contributed by atoms with E-state index in [1.807, 2.05) is 0 Å². The fraction of sp³-hybridized carbons (Fsp3) is 0.250. The first-order valence-electron chi connectivity index (χ1n) is 5.56. The summed E-state index contributed by atoms with van der Waals surface area (Å²) in [6.07, 6.45) is 0. The smallest absolute Gasteiger partial charge is 0.241 e. The molecule has 1 aromatic carbocycles. The van der Waals surface area contributed by atoms with Gasteiger partial charge in [0.25, 0.3) is 0 Å². The second-order valence-corrected chi connectivity index (χ2v) is 6.81.